The Morgan fingerprint density at radius 2 is 1.57 bits per heavy atom. The monoisotopic (exact) mass is 279 g/mol. The van der Waals surface area contributed by atoms with Crippen LogP contribution in [0.2, 0.25) is 0 Å². The van der Waals surface area contributed by atoms with Crippen molar-refractivity contribution in [2.24, 2.45) is 5.73 Å². The van der Waals surface area contributed by atoms with Crippen molar-refractivity contribution in [1.82, 2.24) is 0 Å². The molecule has 1 unspecified atom stereocenters. The second kappa shape index (κ2) is 5.66. The van der Waals surface area contributed by atoms with Gasteiger partial charge in [-0.05, 0) is 52.9 Å². The zero-order chi connectivity index (χ0) is 14.8. The van der Waals surface area contributed by atoms with Gasteiger partial charge in [0.05, 0.1) is 0 Å². The van der Waals surface area contributed by atoms with E-state index < -0.39 is 0 Å². The maximum absolute atomic E-state index is 13.0. The fraction of sp³-hybridized carbons (Fsp3) is 0.158. The van der Waals surface area contributed by atoms with Gasteiger partial charge in [0.25, 0.3) is 0 Å². The minimum absolute atomic E-state index is 0.0963. The van der Waals surface area contributed by atoms with Gasteiger partial charge in [0.2, 0.25) is 0 Å². The first kappa shape index (κ1) is 13.8. The maximum Gasteiger partial charge on any atom is 0.123 e. The molecule has 0 amide bonds. The van der Waals surface area contributed by atoms with E-state index in [4.69, 9.17) is 5.73 Å². The number of hydrogen-bond donors (Lipinski definition) is 1. The van der Waals surface area contributed by atoms with Crippen molar-refractivity contribution in [2.75, 3.05) is 0 Å². The first-order chi connectivity index (χ1) is 10.1. The second-order valence-electron chi connectivity index (χ2n) is 5.45. The van der Waals surface area contributed by atoms with E-state index in [0.717, 1.165) is 11.1 Å². The zero-order valence-corrected chi connectivity index (χ0v) is 12.0. The molecule has 0 saturated heterocycles. The van der Waals surface area contributed by atoms with Crippen LogP contribution < -0.4 is 5.73 Å². The molecule has 0 aliphatic heterocycles. The van der Waals surface area contributed by atoms with Gasteiger partial charge in [0.15, 0.2) is 0 Å². The summed E-state index contributed by atoms with van der Waals surface area (Å²) in [6, 6.07) is 19.0. The van der Waals surface area contributed by atoms with Crippen LogP contribution in [0.15, 0.2) is 60.7 Å². The lowest BCUT2D eigenvalue weighted by Gasteiger charge is -2.16. The van der Waals surface area contributed by atoms with Gasteiger partial charge >= 0.3 is 0 Å². The predicted molar refractivity (Wildman–Crippen MR) is 85.7 cm³/mol. The zero-order valence-electron chi connectivity index (χ0n) is 12.0. The molecular weight excluding hydrogens is 261 g/mol. The normalized spacial score (nSPS) is 12.5. The lowest BCUT2D eigenvalue weighted by molar-refractivity contribution is 0.625. The van der Waals surface area contributed by atoms with Crippen molar-refractivity contribution in [2.45, 2.75) is 19.4 Å². The number of rotatable bonds is 3. The summed E-state index contributed by atoms with van der Waals surface area (Å²) in [7, 11) is 0. The Bertz CT molecular complexity index is 762. The van der Waals surface area contributed by atoms with Crippen LogP contribution in [0.1, 0.15) is 22.7 Å². The van der Waals surface area contributed by atoms with Crippen molar-refractivity contribution in [3.05, 3.63) is 83.2 Å². The average molecular weight is 279 g/mol. The number of fused-ring (bicyclic) bond motifs is 1. The van der Waals surface area contributed by atoms with Crippen LogP contribution in [-0.2, 0) is 6.42 Å². The predicted octanol–water partition coefficient (Wildman–Crippen LogP) is 4.53. The van der Waals surface area contributed by atoms with Crippen molar-refractivity contribution in [1.29, 1.82) is 0 Å². The standard InChI is InChI=1S/C19H18FN/c1-13-6-11-18(17-5-3-2-4-16(13)17)19(21)12-14-7-9-15(20)10-8-14/h2-11,19H,12,21H2,1H3. The van der Waals surface area contributed by atoms with Gasteiger partial charge in [-0.3, -0.25) is 0 Å². The number of halogens is 1. The molecule has 3 rings (SSSR count). The van der Waals surface area contributed by atoms with Gasteiger partial charge in [-0.2, -0.15) is 0 Å². The number of nitrogens with two attached hydrogens (primary N) is 1. The quantitative estimate of drug-likeness (QED) is 0.749. The molecule has 0 radical (unpaired) electrons. The number of benzene rings is 3. The largest absolute Gasteiger partial charge is 0.324 e. The van der Waals surface area contributed by atoms with E-state index in [-0.39, 0.29) is 11.9 Å². The molecular formula is C19H18FN. The van der Waals surface area contributed by atoms with E-state index in [1.165, 1.54) is 28.5 Å². The summed E-state index contributed by atoms with van der Waals surface area (Å²) in [5, 5.41) is 2.44. The molecule has 3 aromatic carbocycles. The van der Waals surface area contributed by atoms with Crippen LogP contribution in [0.25, 0.3) is 10.8 Å². The second-order valence-corrected chi connectivity index (χ2v) is 5.45. The van der Waals surface area contributed by atoms with E-state index in [1.54, 1.807) is 12.1 Å². The van der Waals surface area contributed by atoms with E-state index in [1.807, 2.05) is 12.1 Å². The van der Waals surface area contributed by atoms with Crippen molar-refractivity contribution in [3.8, 4) is 0 Å². The summed E-state index contributed by atoms with van der Waals surface area (Å²) in [6.45, 7) is 2.11. The molecule has 21 heavy (non-hydrogen) atoms. The van der Waals surface area contributed by atoms with E-state index >= 15 is 0 Å². The van der Waals surface area contributed by atoms with Gasteiger partial charge in [-0.1, -0.05) is 48.5 Å². The highest BCUT2D eigenvalue weighted by Gasteiger charge is 2.11. The Balaban J connectivity index is 1.96. The number of aryl methyl sites for hydroxylation is 1. The van der Waals surface area contributed by atoms with Gasteiger partial charge in [-0.25, -0.2) is 4.39 Å². The molecule has 0 spiro atoms. The Labute approximate surface area is 124 Å². The SMILES string of the molecule is Cc1ccc(C(N)Cc2ccc(F)cc2)c2ccccc12. The molecule has 0 aromatic heterocycles. The maximum atomic E-state index is 13.0. The van der Waals surface area contributed by atoms with Crippen LogP contribution in [0.4, 0.5) is 4.39 Å². The molecule has 0 saturated carbocycles. The lowest BCUT2D eigenvalue weighted by atomic mass is 9.93. The fourth-order valence-electron chi connectivity index (χ4n) is 2.78. The molecule has 2 heteroatoms. The van der Waals surface area contributed by atoms with Gasteiger partial charge in [0.1, 0.15) is 5.82 Å². The Morgan fingerprint density at radius 3 is 2.29 bits per heavy atom. The molecule has 0 heterocycles. The van der Waals surface area contributed by atoms with Crippen molar-refractivity contribution < 1.29 is 4.39 Å². The third-order valence-corrected chi connectivity index (χ3v) is 3.94. The summed E-state index contributed by atoms with van der Waals surface area (Å²) in [4.78, 5) is 0. The van der Waals surface area contributed by atoms with E-state index in [9.17, 15) is 4.39 Å². The molecule has 0 fully saturated rings. The highest BCUT2D eigenvalue weighted by Crippen LogP contribution is 2.27. The summed E-state index contributed by atoms with van der Waals surface area (Å²) in [5.74, 6) is -0.215. The molecule has 3 aromatic rings. The molecule has 106 valence electrons. The van der Waals surface area contributed by atoms with Crippen molar-refractivity contribution in [3.63, 3.8) is 0 Å². The molecule has 1 nitrogen and oxygen atoms in total. The van der Waals surface area contributed by atoms with Gasteiger partial charge < -0.3 is 5.73 Å². The minimum atomic E-state index is -0.215. The third-order valence-electron chi connectivity index (χ3n) is 3.94. The fourth-order valence-corrected chi connectivity index (χ4v) is 2.78. The summed E-state index contributed by atoms with van der Waals surface area (Å²) in [6.07, 6.45) is 0.702. The van der Waals surface area contributed by atoms with Crippen LogP contribution in [0, 0.1) is 12.7 Å². The van der Waals surface area contributed by atoms with Crippen LogP contribution in [-0.4, -0.2) is 0 Å². The average Bonchev–Trinajstić information content (AvgIpc) is 2.50. The Hall–Kier alpha value is -2.19. The lowest BCUT2D eigenvalue weighted by Crippen LogP contribution is -2.14. The summed E-state index contributed by atoms with van der Waals surface area (Å²) < 4.78 is 13.0. The summed E-state index contributed by atoms with van der Waals surface area (Å²) in [5.41, 5.74) is 9.83. The van der Waals surface area contributed by atoms with Gasteiger partial charge in [-0.15, -0.1) is 0 Å². The number of hydrogen-bond acceptors (Lipinski definition) is 1. The first-order valence-electron chi connectivity index (χ1n) is 7.13. The molecule has 0 aliphatic carbocycles. The van der Waals surface area contributed by atoms with Crippen LogP contribution >= 0.6 is 0 Å². The smallest absolute Gasteiger partial charge is 0.123 e. The molecule has 1 atom stereocenters. The van der Waals surface area contributed by atoms with E-state index in [2.05, 4.69) is 31.2 Å². The first-order valence-corrected chi connectivity index (χ1v) is 7.13. The van der Waals surface area contributed by atoms with Crippen LogP contribution in [0.5, 0.6) is 0 Å². The minimum Gasteiger partial charge on any atom is -0.324 e. The van der Waals surface area contributed by atoms with Gasteiger partial charge in [0, 0.05) is 6.04 Å². The molecule has 2 N–H and O–H groups in total. The Kier molecular flexibility index (Phi) is 3.72. The Morgan fingerprint density at radius 1 is 0.905 bits per heavy atom. The topological polar surface area (TPSA) is 26.0 Å². The van der Waals surface area contributed by atoms with E-state index in [0.29, 0.717) is 6.42 Å². The van der Waals surface area contributed by atoms with Crippen LogP contribution in [0.3, 0.4) is 0 Å². The highest BCUT2D eigenvalue weighted by molar-refractivity contribution is 5.88. The molecule has 0 aliphatic rings. The third kappa shape index (κ3) is 2.81. The van der Waals surface area contributed by atoms with Crippen molar-refractivity contribution >= 4 is 10.8 Å². The highest BCUT2D eigenvalue weighted by atomic mass is 19.1. The molecule has 0 bridgehead atoms. The summed E-state index contributed by atoms with van der Waals surface area (Å²) >= 11 is 0.